The third kappa shape index (κ3) is 10.5. The molecule has 2 aliphatic rings. The fourth-order valence-corrected chi connectivity index (χ4v) is 6.54. The van der Waals surface area contributed by atoms with Crippen LogP contribution in [0.3, 0.4) is 0 Å². The lowest BCUT2D eigenvalue weighted by atomic mass is 9.80. The van der Waals surface area contributed by atoms with Gasteiger partial charge in [-0.25, -0.2) is 9.59 Å². The lowest BCUT2D eigenvalue weighted by molar-refractivity contribution is -0.139. The summed E-state index contributed by atoms with van der Waals surface area (Å²) < 4.78 is 10.6. The number of amides is 4. The zero-order chi connectivity index (χ0) is 36.0. The van der Waals surface area contributed by atoms with Gasteiger partial charge < -0.3 is 30.3 Å². The van der Waals surface area contributed by atoms with Crippen molar-refractivity contribution < 1.29 is 28.7 Å². The molecule has 2 heterocycles. The van der Waals surface area contributed by atoms with Crippen LogP contribution >= 0.6 is 0 Å². The third-order valence-electron chi connectivity index (χ3n) is 8.82. The van der Waals surface area contributed by atoms with Gasteiger partial charge in [0.2, 0.25) is 11.8 Å². The van der Waals surface area contributed by atoms with E-state index in [0.717, 1.165) is 0 Å². The molecular formula is C38H56N4O6. The van der Waals surface area contributed by atoms with E-state index >= 15 is 0 Å². The Morgan fingerprint density at radius 2 is 1.21 bits per heavy atom. The second kappa shape index (κ2) is 15.9. The molecule has 0 aliphatic carbocycles. The Bertz CT molecular complexity index is 1450. The molecule has 2 fully saturated rings. The van der Waals surface area contributed by atoms with Crippen molar-refractivity contribution in [1.29, 1.82) is 0 Å². The Labute approximate surface area is 286 Å². The molecule has 6 atom stereocenters. The van der Waals surface area contributed by atoms with Crippen LogP contribution in [0.4, 0.5) is 9.59 Å². The first-order valence-corrected chi connectivity index (χ1v) is 17.0. The molecule has 10 heteroatoms. The molecular weight excluding hydrogens is 608 g/mol. The number of carbonyl (C=O) groups is 4. The summed E-state index contributed by atoms with van der Waals surface area (Å²) in [4.78, 5) is 50.9. The topological polar surface area (TPSA) is 126 Å². The number of rotatable bonds is 5. The maximum absolute atomic E-state index is 12.8. The van der Waals surface area contributed by atoms with E-state index in [0.29, 0.717) is 19.4 Å². The van der Waals surface area contributed by atoms with E-state index in [9.17, 15) is 19.2 Å². The number of likely N-dealkylation sites (N-methyl/N-ethyl adjacent to an activating group) is 1. The van der Waals surface area contributed by atoms with E-state index in [-0.39, 0.29) is 35.7 Å². The fraction of sp³-hybridized carbons (Fsp3) is 0.579. The van der Waals surface area contributed by atoms with Crippen LogP contribution < -0.4 is 16.0 Å². The monoisotopic (exact) mass is 664 g/mol. The Balaban J connectivity index is 0.000000261. The van der Waals surface area contributed by atoms with Crippen LogP contribution in [0.2, 0.25) is 0 Å². The molecule has 2 saturated heterocycles. The molecule has 0 spiro atoms. The van der Waals surface area contributed by atoms with Gasteiger partial charge in [0.25, 0.3) is 0 Å². The molecule has 48 heavy (non-hydrogen) atoms. The minimum atomic E-state index is -0.588. The molecule has 0 bridgehead atoms. The van der Waals surface area contributed by atoms with Gasteiger partial charge in [0.05, 0.1) is 0 Å². The SMILES string of the molecule is CCN1C(=O)C(NC(=O)OC(C)(C)C)C[C@@H](c2ccccc2C)[C@H]1C.Cc1ccccc1[C@@H]1CC(NC(=O)OC(C)(C)C)C(=O)N[C@@H]1C. The highest BCUT2D eigenvalue weighted by Crippen LogP contribution is 2.35. The second-order valence-electron chi connectivity index (χ2n) is 15.0. The van der Waals surface area contributed by atoms with Gasteiger partial charge in [-0.1, -0.05) is 48.5 Å². The molecule has 4 amide bonds. The van der Waals surface area contributed by atoms with Crippen molar-refractivity contribution in [2.24, 2.45) is 0 Å². The quantitative estimate of drug-likeness (QED) is 0.336. The molecule has 4 rings (SSSR count). The average molecular weight is 665 g/mol. The second-order valence-corrected chi connectivity index (χ2v) is 15.0. The highest BCUT2D eigenvalue weighted by molar-refractivity contribution is 5.87. The molecule has 2 aliphatic heterocycles. The number of alkyl carbamates (subject to hydrolysis) is 2. The molecule has 0 saturated carbocycles. The van der Waals surface area contributed by atoms with Crippen LogP contribution in [0.25, 0.3) is 0 Å². The largest absolute Gasteiger partial charge is 0.444 e. The molecule has 0 aromatic heterocycles. The van der Waals surface area contributed by atoms with Gasteiger partial charge in [0, 0.05) is 30.5 Å². The Morgan fingerprint density at radius 3 is 1.67 bits per heavy atom. The van der Waals surface area contributed by atoms with Crippen LogP contribution in [-0.4, -0.2) is 70.8 Å². The first-order valence-electron chi connectivity index (χ1n) is 17.0. The molecule has 2 aromatic rings. The van der Waals surface area contributed by atoms with E-state index in [4.69, 9.17) is 9.47 Å². The Hall–Kier alpha value is -4.08. The van der Waals surface area contributed by atoms with Crippen molar-refractivity contribution in [3.63, 3.8) is 0 Å². The van der Waals surface area contributed by atoms with Crippen LogP contribution in [0.1, 0.15) is 109 Å². The number of likely N-dealkylation sites (tertiary alicyclic amines) is 1. The highest BCUT2D eigenvalue weighted by Gasteiger charge is 2.41. The van der Waals surface area contributed by atoms with Gasteiger partial charge in [0.1, 0.15) is 23.3 Å². The zero-order valence-corrected chi connectivity index (χ0v) is 30.6. The van der Waals surface area contributed by atoms with Crippen LogP contribution in [0.5, 0.6) is 0 Å². The molecule has 3 N–H and O–H groups in total. The molecule has 2 unspecified atom stereocenters. The molecule has 0 radical (unpaired) electrons. The minimum Gasteiger partial charge on any atom is -0.444 e. The summed E-state index contributed by atoms with van der Waals surface area (Å²) in [7, 11) is 0. The van der Waals surface area contributed by atoms with E-state index in [1.54, 1.807) is 20.8 Å². The van der Waals surface area contributed by atoms with E-state index in [1.165, 1.54) is 22.3 Å². The lowest BCUT2D eigenvalue weighted by Gasteiger charge is -2.43. The summed E-state index contributed by atoms with van der Waals surface area (Å²) in [6.07, 6.45) is 0.0493. The average Bonchev–Trinajstić information content (AvgIpc) is 2.96. The van der Waals surface area contributed by atoms with Gasteiger partial charge in [0.15, 0.2) is 0 Å². The lowest BCUT2D eigenvalue weighted by Crippen LogP contribution is -2.58. The van der Waals surface area contributed by atoms with Crippen molar-refractivity contribution in [3.8, 4) is 0 Å². The molecule has 264 valence electrons. The number of ether oxygens (including phenoxy) is 2. The fourth-order valence-electron chi connectivity index (χ4n) is 6.54. The van der Waals surface area contributed by atoms with E-state index < -0.39 is 35.5 Å². The number of nitrogens with one attached hydrogen (secondary N) is 3. The van der Waals surface area contributed by atoms with Crippen molar-refractivity contribution >= 4 is 24.0 Å². The number of carbonyl (C=O) groups excluding carboxylic acids is 4. The molecule has 2 aromatic carbocycles. The van der Waals surface area contributed by atoms with Crippen molar-refractivity contribution in [2.75, 3.05) is 6.54 Å². The first kappa shape index (κ1) is 38.4. The predicted octanol–water partition coefficient (Wildman–Crippen LogP) is 6.49. The zero-order valence-electron chi connectivity index (χ0n) is 30.6. The Kier molecular flexibility index (Phi) is 12.7. The van der Waals surface area contributed by atoms with E-state index in [1.807, 2.05) is 63.8 Å². The number of hydrogen-bond acceptors (Lipinski definition) is 6. The number of nitrogens with zero attached hydrogens (tertiary/aromatic N) is 1. The molecule has 10 nitrogen and oxygen atoms in total. The summed E-state index contributed by atoms with van der Waals surface area (Å²) in [5.74, 6) is 0.145. The summed E-state index contributed by atoms with van der Waals surface area (Å²) in [5.41, 5.74) is 3.66. The highest BCUT2D eigenvalue weighted by atomic mass is 16.6. The minimum absolute atomic E-state index is 0.0280. The maximum Gasteiger partial charge on any atom is 0.408 e. The van der Waals surface area contributed by atoms with Gasteiger partial charge in [-0.3, -0.25) is 9.59 Å². The normalized spacial score (nSPS) is 24.4. The predicted molar refractivity (Wildman–Crippen MR) is 188 cm³/mol. The van der Waals surface area contributed by atoms with Gasteiger partial charge in [-0.15, -0.1) is 0 Å². The third-order valence-corrected chi connectivity index (χ3v) is 8.82. The van der Waals surface area contributed by atoms with Crippen molar-refractivity contribution in [1.82, 2.24) is 20.9 Å². The van der Waals surface area contributed by atoms with Crippen molar-refractivity contribution in [3.05, 3.63) is 70.8 Å². The van der Waals surface area contributed by atoms with Gasteiger partial charge >= 0.3 is 12.2 Å². The standard InChI is InChI=1S/C20H30N2O3.C18H26N2O3/c1-7-22-14(3)16(15-11-9-8-10-13(15)2)12-17(18(22)23)21-19(24)25-20(4,5)6;1-11-8-6-7-9-13(11)14-10-15(16(21)19-12(14)2)20-17(22)23-18(3,4)5/h8-11,14,16-17H,7,12H2,1-6H3,(H,21,24);6-9,12,14-15H,10H2,1-5H3,(H,19,21)(H,20,22)/t14-,16-,17?;12-,14-,15?/m11/s1. The van der Waals surface area contributed by atoms with Gasteiger partial charge in [-0.05, 0) is 111 Å². The number of aryl methyl sites for hydroxylation is 2. The maximum atomic E-state index is 12.8. The summed E-state index contributed by atoms with van der Waals surface area (Å²) in [6, 6.07) is 15.4. The summed E-state index contributed by atoms with van der Waals surface area (Å²) in [6.45, 7) is 21.7. The van der Waals surface area contributed by atoms with Crippen LogP contribution in [-0.2, 0) is 19.1 Å². The van der Waals surface area contributed by atoms with Crippen LogP contribution in [0.15, 0.2) is 48.5 Å². The van der Waals surface area contributed by atoms with Crippen molar-refractivity contribution in [2.45, 2.75) is 136 Å². The smallest absolute Gasteiger partial charge is 0.408 e. The number of hydrogen-bond donors (Lipinski definition) is 3. The summed E-state index contributed by atoms with van der Waals surface area (Å²) >= 11 is 0. The Morgan fingerprint density at radius 1 is 0.771 bits per heavy atom. The van der Waals surface area contributed by atoms with E-state index in [2.05, 4.69) is 61.0 Å². The van der Waals surface area contributed by atoms with Gasteiger partial charge in [-0.2, -0.15) is 0 Å². The first-order chi connectivity index (χ1) is 22.3. The number of benzene rings is 2. The number of piperidine rings is 2. The summed E-state index contributed by atoms with van der Waals surface area (Å²) in [5, 5.41) is 8.43. The van der Waals surface area contributed by atoms with Crippen LogP contribution in [0, 0.1) is 13.8 Å².